The van der Waals surface area contributed by atoms with Crippen LogP contribution in [0.3, 0.4) is 0 Å². The van der Waals surface area contributed by atoms with Crippen molar-refractivity contribution in [2.75, 3.05) is 13.1 Å². The molecule has 1 amide bonds. The van der Waals surface area contributed by atoms with Crippen LogP contribution in [-0.2, 0) is 9.59 Å². The minimum absolute atomic E-state index is 0.0236. The molecule has 0 aliphatic carbocycles. The second kappa shape index (κ2) is 5.26. The van der Waals surface area contributed by atoms with Crippen LogP contribution in [0.4, 0.5) is 4.39 Å². The van der Waals surface area contributed by atoms with Gasteiger partial charge in [-0.2, -0.15) is 0 Å². The van der Waals surface area contributed by atoms with Crippen molar-refractivity contribution in [3.63, 3.8) is 0 Å². The first-order chi connectivity index (χ1) is 8.97. The number of ether oxygens (including phenoxy) is 1. The van der Waals surface area contributed by atoms with Crippen LogP contribution < -0.4 is 4.74 Å². The summed E-state index contributed by atoms with van der Waals surface area (Å²) in [5.74, 6) is -2.00. The number of carbonyl (C=O) groups is 2. The average molecular weight is 267 g/mol. The topological polar surface area (TPSA) is 66.8 Å². The Balaban J connectivity index is 2.06. The van der Waals surface area contributed by atoms with E-state index in [2.05, 4.69) is 0 Å². The smallest absolute Gasteiger partial charge is 0.323 e. The Labute approximate surface area is 109 Å². The van der Waals surface area contributed by atoms with Crippen molar-refractivity contribution in [3.8, 4) is 5.75 Å². The van der Waals surface area contributed by atoms with Crippen molar-refractivity contribution in [1.82, 2.24) is 4.90 Å². The Morgan fingerprint density at radius 2 is 2.32 bits per heavy atom. The van der Waals surface area contributed by atoms with Gasteiger partial charge in [-0.15, -0.1) is 0 Å². The first-order valence-corrected chi connectivity index (χ1v) is 5.91. The van der Waals surface area contributed by atoms with Gasteiger partial charge in [-0.3, -0.25) is 9.59 Å². The molecule has 102 valence electrons. The first kappa shape index (κ1) is 13.3. The Bertz CT molecular complexity index is 517. The lowest BCUT2D eigenvalue weighted by molar-refractivity contribution is -0.144. The zero-order chi connectivity index (χ0) is 14.0. The molecule has 1 N–H and O–H groups in total. The number of nitrogens with zero attached hydrogens (tertiary/aromatic N) is 1. The highest BCUT2D eigenvalue weighted by molar-refractivity contribution is 5.86. The third-order valence-corrected chi connectivity index (χ3v) is 2.93. The SMILES string of the molecule is Cc1ccc(F)c(OC2CCN(CC(=O)O)C2=O)c1. The van der Waals surface area contributed by atoms with E-state index < -0.39 is 23.8 Å². The van der Waals surface area contributed by atoms with Crippen LogP contribution in [0.15, 0.2) is 18.2 Å². The molecular formula is C13H14FNO4. The van der Waals surface area contributed by atoms with Crippen LogP contribution in [0.5, 0.6) is 5.75 Å². The number of likely N-dealkylation sites (tertiary alicyclic amines) is 1. The van der Waals surface area contributed by atoms with E-state index in [0.29, 0.717) is 13.0 Å². The minimum atomic E-state index is -1.07. The molecule has 19 heavy (non-hydrogen) atoms. The molecule has 5 nitrogen and oxygen atoms in total. The van der Waals surface area contributed by atoms with E-state index in [4.69, 9.17) is 9.84 Å². The quantitative estimate of drug-likeness (QED) is 0.890. The maximum Gasteiger partial charge on any atom is 0.323 e. The summed E-state index contributed by atoms with van der Waals surface area (Å²) in [4.78, 5) is 23.6. The van der Waals surface area contributed by atoms with E-state index in [9.17, 15) is 14.0 Å². The number of amides is 1. The van der Waals surface area contributed by atoms with Crippen molar-refractivity contribution in [1.29, 1.82) is 0 Å². The number of carboxylic acids is 1. The lowest BCUT2D eigenvalue weighted by atomic mass is 10.2. The summed E-state index contributed by atoms with van der Waals surface area (Å²) in [6.07, 6.45) is -0.449. The van der Waals surface area contributed by atoms with Crippen molar-refractivity contribution in [2.24, 2.45) is 0 Å². The number of rotatable bonds is 4. The molecule has 0 aromatic heterocycles. The fourth-order valence-electron chi connectivity index (χ4n) is 1.99. The normalized spacial score (nSPS) is 18.7. The summed E-state index contributed by atoms with van der Waals surface area (Å²) in [5.41, 5.74) is 0.823. The van der Waals surface area contributed by atoms with Crippen LogP contribution in [-0.4, -0.2) is 41.1 Å². The Morgan fingerprint density at radius 1 is 1.58 bits per heavy atom. The van der Waals surface area contributed by atoms with Crippen molar-refractivity contribution < 1.29 is 23.8 Å². The number of aliphatic carboxylic acids is 1. The Kier molecular flexibility index (Phi) is 3.69. The van der Waals surface area contributed by atoms with Gasteiger partial charge in [0, 0.05) is 13.0 Å². The van der Waals surface area contributed by atoms with Gasteiger partial charge in [0.15, 0.2) is 17.7 Å². The number of carbonyl (C=O) groups excluding carboxylic acids is 1. The van der Waals surface area contributed by atoms with E-state index in [0.717, 1.165) is 5.56 Å². The fraction of sp³-hybridized carbons (Fsp3) is 0.385. The molecule has 1 aromatic rings. The van der Waals surface area contributed by atoms with Crippen LogP contribution in [0.1, 0.15) is 12.0 Å². The molecule has 1 unspecified atom stereocenters. The van der Waals surface area contributed by atoms with Crippen LogP contribution in [0.2, 0.25) is 0 Å². The third kappa shape index (κ3) is 3.01. The maximum atomic E-state index is 13.5. The number of benzene rings is 1. The number of carboxylic acid groups (broad SMARTS) is 1. The summed E-state index contributed by atoms with van der Waals surface area (Å²) in [6.45, 7) is 1.75. The average Bonchev–Trinajstić information content (AvgIpc) is 2.66. The van der Waals surface area contributed by atoms with Crippen LogP contribution >= 0.6 is 0 Å². The predicted molar refractivity (Wildman–Crippen MR) is 64.4 cm³/mol. The summed E-state index contributed by atoms with van der Waals surface area (Å²) < 4.78 is 18.9. The molecule has 0 spiro atoms. The summed E-state index contributed by atoms with van der Waals surface area (Å²) in [7, 11) is 0. The molecule has 1 aliphatic rings. The molecular weight excluding hydrogens is 253 g/mol. The predicted octanol–water partition coefficient (Wildman–Crippen LogP) is 1.20. The van der Waals surface area contributed by atoms with E-state index in [1.165, 1.54) is 17.0 Å². The second-order valence-electron chi connectivity index (χ2n) is 4.48. The monoisotopic (exact) mass is 267 g/mol. The molecule has 2 rings (SSSR count). The van der Waals surface area contributed by atoms with Gasteiger partial charge < -0.3 is 14.7 Å². The number of hydrogen-bond donors (Lipinski definition) is 1. The molecule has 1 heterocycles. The highest BCUT2D eigenvalue weighted by Crippen LogP contribution is 2.23. The Hall–Kier alpha value is -2.11. The molecule has 0 saturated carbocycles. The van der Waals surface area contributed by atoms with Crippen LogP contribution in [0, 0.1) is 12.7 Å². The largest absolute Gasteiger partial charge is 0.480 e. The molecule has 1 aromatic carbocycles. The fourth-order valence-corrected chi connectivity index (χ4v) is 1.99. The van der Waals surface area contributed by atoms with E-state index in [-0.39, 0.29) is 12.3 Å². The molecule has 1 fully saturated rings. The highest BCUT2D eigenvalue weighted by Gasteiger charge is 2.34. The van der Waals surface area contributed by atoms with Gasteiger partial charge in [0.25, 0.3) is 5.91 Å². The van der Waals surface area contributed by atoms with Gasteiger partial charge in [-0.1, -0.05) is 6.07 Å². The summed E-state index contributed by atoms with van der Waals surface area (Å²) in [6, 6.07) is 4.40. The van der Waals surface area contributed by atoms with Gasteiger partial charge in [0.1, 0.15) is 6.54 Å². The zero-order valence-electron chi connectivity index (χ0n) is 10.4. The molecule has 0 bridgehead atoms. The summed E-state index contributed by atoms with van der Waals surface area (Å²) in [5, 5.41) is 8.65. The number of halogens is 1. The third-order valence-electron chi connectivity index (χ3n) is 2.93. The molecule has 1 saturated heterocycles. The van der Waals surface area contributed by atoms with Crippen molar-refractivity contribution in [3.05, 3.63) is 29.6 Å². The van der Waals surface area contributed by atoms with Gasteiger partial charge in [-0.05, 0) is 24.6 Å². The Morgan fingerprint density at radius 3 is 3.00 bits per heavy atom. The molecule has 0 radical (unpaired) electrons. The van der Waals surface area contributed by atoms with Gasteiger partial charge in [-0.25, -0.2) is 4.39 Å². The standard InChI is InChI=1S/C13H14FNO4/c1-8-2-3-9(14)11(6-8)19-10-4-5-15(13(10)18)7-12(16)17/h2-3,6,10H,4-5,7H2,1H3,(H,16,17). The first-order valence-electron chi connectivity index (χ1n) is 5.91. The molecule has 1 aliphatic heterocycles. The van der Waals surface area contributed by atoms with Crippen LogP contribution in [0.25, 0.3) is 0 Å². The lowest BCUT2D eigenvalue weighted by Crippen LogP contribution is -2.35. The van der Waals surface area contributed by atoms with Gasteiger partial charge >= 0.3 is 5.97 Å². The zero-order valence-corrected chi connectivity index (χ0v) is 10.4. The van der Waals surface area contributed by atoms with Gasteiger partial charge in [0.05, 0.1) is 0 Å². The maximum absolute atomic E-state index is 13.5. The molecule has 6 heteroatoms. The summed E-state index contributed by atoms with van der Waals surface area (Å²) >= 11 is 0. The lowest BCUT2D eigenvalue weighted by Gasteiger charge is -2.15. The second-order valence-corrected chi connectivity index (χ2v) is 4.48. The van der Waals surface area contributed by atoms with Crippen molar-refractivity contribution in [2.45, 2.75) is 19.4 Å². The van der Waals surface area contributed by atoms with E-state index in [1.54, 1.807) is 13.0 Å². The number of hydrogen-bond acceptors (Lipinski definition) is 3. The van der Waals surface area contributed by atoms with E-state index in [1.807, 2.05) is 0 Å². The molecule has 1 atom stereocenters. The number of aryl methyl sites for hydroxylation is 1. The highest BCUT2D eigenvalue weighted by atomic mass is 19.1. The minimum Gasteiger partial charge on any atom is -0.480 e. The van der Waals surface area contributed by atoms with Crippen molar-refractivity contribution >= 4 is 11.9 Å². The van der Waals surface area contributed by atoms with E-state index >= 15 is 0 Å². The van der Waals surface area contributed by atoms with Gasteiger partial charge in [0.2, 0.25) is 0 Å².